The second-order valence-electron chi connectivity index (χ2n) is 4.08. The van der Waals surface area contributed by atoms with E-state index in [1.807, 2.05) is 0 Å². The first-order chi connectivity index (χ1) is 7.71. The van der Waals surface area contributed by atoms with Crippen LogP contribution in [0.15, 0.2) is 0 Å². The molecule has 0 spiro atoms. The van der Waals surface area contributed by atoms with E-state index in [0.29, 0.717) is 6.54 Å². The number of methoxy groups -OCH3 is 1. The number of carbonyl (C=O) groups is 1. The lowest BCUT2D eigenvalue weighted by molar-refractivity contribution is -0.152. The van der Waals surface area contributed by atoms with Crippen molar-refractivity contribution in [1.29, 1.82) is 0 Å². The summed E-state index contributed by atoms with van der Waals surface area (Å²) < 4.78 is 4.92. The van der Waals surface area contributed by atoms with Gasteiger partial charge in [-0.1, -0.05) is 12.8 Å². The zero-order valence-corrected chi connectivity index (χ0v) is 10.0. The summed E-state index contributed by atoms with van der Waals surface area (Å²) in [5, 5.41) is 6.48. The minimum atomic E-state index is -0.610. The van der Waals surface area contributed by atoms with Crippen molar-refractivity contribution in [3.63, 3.8) is 0 Å². The molecule has 2 N–H and O–H groups in total. The van der Waals surface area contributed by atoms with E-state index in [2.05, 4.69) is 23.5 Å². The molecule has 1 rings (SSSR count). The van der Waals surface area contributed by atoms with Gasteiger partial charge in [-0.05, 0) is 19.4 Å². The Kier molecular flexibility index (Phi) is 4.78. The average molecular weight is 224 g/mol. The summed E-state index contributed by atoms with van der Waals surface area (Å²) in [6, 6.07) is 0. The molecule has 0 radical (unpaired) electrons. The first-order valence-electron chi connectivity index (χ1n) is 5.69. The number of hydrogen-bond donors (Lipinski definition) is 2. The molecule has 1 fully saturated rings. The molecular weight excluding hydrogens is 204 g/mol. The topological polar surface area (TPSA) is 50.4 Å². The Hall–Kier alpha value is -1.05. The standard InChI is InChI=1S/C12H20N2O2/c1-4-7-14-12(11(15)16-3)6-8-13-9-10(12)5-2/h1,10,13-14H,5-9H2,2-3H3. The highest BCUT2D eigenvalue weighted by molar-refractivity contribution is 5.81. The molecule has 4 heteroatoms. The zero-order chi connectivity index (χ0) is 12.0. The van der Waals surface area contributed by atoms with Crippen LogP contribution in [0, 0.1) is 18.3 Å². The zero-order valence-electron chi connectivity index (χ0n) is 10.0. The van der Waals surface area contributed by atoms with Crippen LogP contribution in [-0.4, -0.2) is 38.3 Å². The molecule has 0 bridgehead atoms. The third kappa shape index (κ3) is 2.37. The van der Waals surface area contributed by atoms with Crippen LogP contribution in [0.25, 0.3) is 0 Å². The van der Waals surface area contributed by atoms with Crippen LogP contribution in [0.3, 0.4) is 0 Å². The monoisotopic (exact) mass is 224 g/mol. The molecule has 4 nitrogen and oxygen atoms in total. The summed E-state index contributed by atoms with van der Waals surface area (Å²) >= 11 is 0. The van der Waals surface area contributed by atoms with Crippen molar-refractivity contribution in [2.24, 2.45) is 5.92 Å². The molecular formula is C12H20N2O2. The van der Waals surface area contributed by atoms with Crippen molar-refractivity contribution < 1.29 is 9.53 Å². The first kappa shape index (κ1) is 13.0. The Morgan fingerprint density at radius 1 is 1.75 bits per heavy atom. The molecule has 0 aromatic rings. The maximum absolute atomic E-state index is 12.0. The van der Waals surface area contributed by atoms with Gasteiger partial charge in [-0.2, -0.15) is 0 Å². The van der Waals surface area contributed by atoms with Crippen molar-refractivity contribution in [1.82, 2.24) is 10.6 Å². The molecule has 0 aromatic heterocycles. The van der Waals surface area contributed by atoms with E-state index in [1.54, 1.807) is 0 Å². The summed E-state index contributed by atoms with van der Waals surface area (Å²) in [4.78, 5) is 12.0. The van der Waals surface area contributed by atoms with Gasteiger partial charge in [0.25, 0.3) is 0 Å². The van der Waals surface area contributed by atoms with Crippen LogP contribution < -0.4 is 10.6 Å². The van der Waals surface area contributed by atoms with Gasteiger partial charge in [0.1, 0.15) is 5.54 Å². The van der Waals surface area contributed by atoms with Crippen molar-refractivity contribution in [3.05, 3.63) is 0 Å². The van der Waals surface area contributed by atoms with Gasteiger partial charge in [-0.15, -0.1) is 6.42 Å². The lowest BCUT2D eigenvalue weighted by Gasteiger charge is -2.42. The molecule has 16 heavy (non-hydrogen) atoms. The maximum Gasteiger partial charge on any atom is 0.326 e. The van der Waals surface area contributed by atoms with Gasteiger partial charge in [-0.3, -0.25) is 10.1 Å². The third-order valence-electron chi connectivity index (χ3n) is 3.33. The summed E-state index contributed by atoms with van der Waals surface area (Å²) in [7, 11) is 1.43. The number of rotatable bonds is 4. The fourth-order valence-electron chi connectivity index (χ4n) is 2.40. The Labute approximate surface area is 97.1 Å². The Morgan fingerprint density at radius 3 is 3.06 bits per heavy atom. The van der Waals surface area contributed by atoms with Gasteiger partial charge < -0.3 is 10.1 Å². The van der Waals surface area contributed by atoms with E-state index in [-0.39, 0.29) is 11.9 Å². The molecule has 1 heterocycles. The van der Waals surface area contributed by atoms with Gasteiger partial charge in [0.15, 0.2) is 0 Å². The predicted octanol–water partition coefficient (Wildman–Crippen LogP) is 0.140. The van der Waals surface area contributed by atoms with Crippen LogP contribution in [-0.2, 0) is 9.53 Å². The summed E-state index contributed by atoms with van der Waals surface area (Å²) in [5.41, 5.74) is -0.610. The number of hydrogen-bond acceptors (Lipinski definition) is 4. The molecule has 2 atom stereocenters. The van der Waals surface area contributed by atoms with Crippen molar-refractivity contribution in [2.45, 2.75) is 25.3 Å². The average Bonchev–Trinajstić information content (AvgIpc) is 2.35. The van der Waals surface area contributed by atoms with Gasteiger partial charge >= 0.3 is 5.97 Å². The van der Waals surface area contributed by atoms with Gasteiger partial charge in [0, 0.05) is 12.5 Å². The Morgan fingerprint density at radius 2 is 2.50 bits per heavy atom. The van der Waals surface area contributed by atoms with Crippen molar-refractivity contribution in [2.75, 3.05) is 26.7 Å². The minimum absolute atomic E-state index is 0.198. The number of ether oxygens (including phenoxy) is 1. The fraction of sp³-hybridized carbons (Fsp3) is 0.750. The van der Waals surface area contributed by atoms with Crippen molar-refractivity contribution in [3.8, 4) is 12.3 Å². The van der Waals surface area contributed by atoms with E-state index >= 15 is 0 Å². The molecule has 0 amide bonds. The van der Waals surface area contributed by atoms with Crippen molar-refractivity contribution >= 4 is 5.97 Å². The second kappa shape index (κ2) is 5.88. The van der Waals surface area contributed by atoms with E-state index in [9.17, 15) is 4.79 Å². The number of piperidine rings is 1. The van der Waals surface area contributed by atoms with Crippen LogP contribution in [0.1, 0.15) is 19.8 Å². The number of nitrogens with one attached hydrogen (secondary N) is 2. The van der Waals surface area contributed by atoms with Crippen LogP contribution in [0.4, 0.5) is 0 Å². The summed E-state index contributed by atoms with van der Waals surface area (Å²) in [6.45, 7) is 4.10. The molecule has 0 saturated carbocycles. The summed E-state index contributed by atoms with van der Waals surface area (Å²) in [5.74, 6) is 2.55. The largest absolute Gasteiger partial charge is 0.468 e. The predicted molar refractivity (Wildman–Crippen MR) is 62.9 cm³/mol. The molecule has 1 saturated heterocycles. The molecule has 90 valence electrons. The van der Waals surface area contributed by atoms with E-state index in [4.69, 9.17) is 11.2 Å². The smallest absolute Gasteiger partial charge is 0.326 e. The van der Waals surface area contributed by atoms with Crippen LogP contribution in [0.2, 0.25) is 0 Å². The van der Waals surface area contributed by atoms with Gasteiger partial charge in [-0.25, -0.2) is 0 Å². The number of carbonyl (C=O) groups excluding carboxylic acids is 1. The van der Waals surface area contributed by atoms with E-state index in [1.165, 1.54) is 7.11 Å². The number of esters is 1. The third-order valence-corrected chi connectivity index (χ3v) is 3.33. The van der Waals surface area contributed by atoms with Crippen LogP contribution >= 0.6 is 0 Å². The minimum Gasteiger partial charge on any atom is -0.468 e. The SMILES string of the molecule is C#CCNC1(C(=O)OC)CCNCC1CC. The fourth-order valence-corrected chi connectivity index (χ4v) is 2.40. The van der Waals surface area contributed by atoms with Gasteiger partial charge in [0.05, 0.1) is 13.7 Å². The highest BCUT2D eigenvalue weighted by atomic mass is 16.5. The molecule has 1 aliphatic rings. The maximum atomic E-state index is 12.0. The molecule has 1 aliphatic heterocycles. The molecule has 0 aliphatic carbocycles. The lowest BCUT2D eigenvalue weighted by Crippen LogP contribution is -2.64. The molecule has 0 aromatic carbocycles. The van der Waals surface area contributed by atoms with E-state index in [0.717, 1.165) is 25.9 Å². The highest BCUT2D eigenvalue weighted by Gasteiger charge is 2.46. The number of terminal acetylenes is 1. The van der Waals surface area contributed by atoms with E-state index < -0.39 is 5.54 Å². The Balaban J connectivity index is 2.90. The quantitative estimate of drug-likeness (QED) is 0.527. The van der Waals surface area contributed by atoms with Gasteiger partial charge in [0.2, 0.25) is 0 Å². The normalized spacial score (nSPS) is 29.4. The second-order valence-corrected chi connectivity index (χ2v) is 4.08. The Bertz CT molecular complexity index is 285. The highest BCUT2D eigenvalue weighted by Crippen LogP contribution is 2.28. The summed E-state index contributed by atoms with van der Waals surface area (Å²) in [6.07, 6.45) is 6.89. The van der Waals surface area contributed by atoms with Crippen LogP contribution in [0.5, 0.6) is 0 Å². The molecule has 2 unspecified atom stereocenters. The lowest BCUT2D eigenvalue weighted by atomic mass is 9.76. The first-order valence-corrected chi connectivity index (χ1v) is 5.69.